The molecule has 1 aliphatic rings. The number of terminal acetylenes is 1. The minimum atomic E-state index is -2.11. The second-order valence-corrected chi connectivity index (χ2v) is 14.6. The highest BCUT2D eigenvalue weighted by molar-refractivity contribution is 6.74. The van der Waals surface area contributed by atoms with Crippen molar-refractivity contribution in [2.75, 3.05) is 13.1 Å². The average molecular weight is 461 g/mol. The van der Waals surface area contributed by atoms with Gasteiger partial charge in [0.05, 0.1) is 11.0 Å². The molecule has 174 valence electrons. The molecule has 0 N–H and O–H groups in total. The maximum Gasteiger partial charge on any atom is 0.325 e. The van der Waals surface area contributed by atoms with Crippen LogP contribution in [-0.2, 0) is 25.4 Å². The standard InChI is InChI=1S/C23H32N2O6Si/c1-8-13-23(17(2)31-32(6,7)22(3,4)5)16-24(21(23)27)14-20(26)30-15-18-9-11-19(12-10-18)25(28)29/h1,9-12,17H,13-16H2,2-7H3/t17-,23-/m0/s1. The number of likely N-dealkylation sites (tertiary alicyclic amines) is 1. The van der Waals surface area contributed by atoms with Crippen molar-refractivity contribution in [1.29, 1.82) is 0 Å². The average Bonchev–Trinajstić information content (AvgIpc) is 2.70. The molecular weight excluding hydrogens is 428 g/mol. The summed E-state index contributed by atoms with van der Waals surface area (Å²) in [6, 6.07) is 5.75. The zero-order valence-electron chi connectivity index (χ0n) is 19.6. The summed E-state index contributed by atoms with van der Waals surface area (Å²) in [7, 11) is -2.11. The molecule has 2 rings (SSSR count). The van der Waals surface area contributed by atoms with Gasteiger partial charge in [-0.25, -0.2) is 0 Å². The Kier molecular flexibility index (Phi) is 7.53. The number of hydrogen-bond acceptors (Lipinski definition) is 6. The molecular formula is C23H32N2O6Si. The molecule has 0 unspecified atom stereocenters. The zero-order valence-corrected chi connectivity index (χ0v) is 20.6. The van der Waals surface area contributed by atoms with Crippen LogP contribution in [0.1, 0.15) is 39.7 Å². The van der Waals surface area contributed by atoms with Crippen LogP contribution in [0, 0.1) is 27.9 Å². The maximum absolute atomic E-state index is 13.1. The number of rotatable bonds is 9. The predicted molar refractivity (Wildman–Crippen MR) is 123 cm³/mol. The summed E-state index contributed by atoms with van der Waals surface area (Å²) in [6.45, 7) is 12.7. The molecule has 0 radical (unpaired) electrons. The first-order valence-corrected chi connectivity index (χ1v) is 13.4. The summed E-state index contributed by atoms with van der Waals surface area (Å²) in [5.74, 6) is 1.85. The van der Waals surface area contributed by atoms with Gasteiger partial charge < -0.3 is 14.1 Å². The Labute approximate surface area is 190 Å². The summed E-state index contributed by atoms with van der Waals surface area (Å²) in [5.41, 5.74) is -0.245. The highest BCUT2D eigenvalue weighted by atomic mass is 28.4. The quantitative estimate of drug-likeness (QED) is 0.138. The van der Waals surface area contributed by atoms with Crippen molar-refractivity contribution in [2.45, 2.75) is 65.0 Å². The number of nitrogens with zero attached hydrogens (tertiary/aromatic N) is 2. The van der Waals surface area contributed by atoms with E-state index in [1.54, 1.807) is 0 Å². The van der Waals surface area contributed by atoms with Crippen LogP contribution in [0.25, 0.3) is 0 Å². The highest BCUT2D eigenvalue weighted by Gasteiger charge is 2.57. The van der Waals surface area contributed by atoms with Crippen LogP contribution in [0.2, 0.25) is 18.1 Å². The summed E-state index contributed by atoms with van der Waals surface area (Å²) in [4.78, 5) is 36.9. The smallest absolute Gasteiger partial charge is 0.325 e. The van der Waals surface area contributed by atoms with E-state index in [4.69, 9.17) is 15.6 Å². The zero-order chi connectivity index (χ0) is 24.3. The Bertz CT molecular complexity index is 916. The van der Waals surface area contributed by atoms with Crippen molar-refractivity contribution in [3.05, 3.63) is 39.9 Å². The third-order valence-electron chi connectivity index (χ3n) is 6.53. The fourth-order valence-corrected chi connectivity index (χ4v) is 4.86. The molecule has 32 heavy (non-hydrogen) atoms. The molecule has 0 aromatic heterocycles. The molecule has 1 fully saturated rings. The topological polar surface area (TPSA) is 99.0 Å². The molecule has 1 saturated heterocycles. The Balaban J connectivity index is 1.96. The minimum absolute atomic E-state index is 0.00719. The van der Waals surface area contributed by atoms with Gasteiger partial charge >= 0.3 is 5.97 Å². The fourth-order valence-electron chi connectivity index (χ4n) is 3.40. The van der Waals surface area contributed by atoms with E-state index in [0.717, 1.165) is 0 Å². The van der Waals surface area contributed by atoms with Crippen molar-refractivity contribution in [3.8, 4) is 12.3 Å². The second-order valence-electron chi connectivity index (χ2n) is 9.80. The molecule has 9 heteroatoms. The summed E-state index contributed by atoms with van der Waals surface area (Å²) in [6.07, 6.45) is 5.45. The Morgan fingerprint density at radius 3 is 2.41 bits per heavy atom. The predicted octanol–water partition coefficient (Wildman–Crippen LogP) is 3.90. The van der Waals surface area contributed by atoms with Gasteiger partial charge in [0, 0.05) is 25.1 Å². The number of ether oxygens (including phenoxy) is 1. The number of benzene rings is 1. The first-order chi connectivity index (χ1) is 14.7. The minimum Gasteiger partial charge on any atom is -0.459 e. The SMILES string of the molecule is C#CC[C@@]1([C@H](C)O[Si](C)(C)C(C)(C)C)CN(CC(=O)OCc2ccc([N+](=O)[O-])cc2)C1=O. The summed E-state index contributed by atoms with van der Waals surface area (Å²) < 4.78 is 11.7. The molecule has 0 bridgehead atoms. The van der Waals surface area contributed by atoms with Crippen LogP contribution in [-0.4, -0.2) is 49.2 Å². The van der Waals surface area contributed by atoms with E-state index in [2.05, 4.69) is 39.8 Å². The lowest BCUT2D eigenvalue weighted by Crippen LogP contribution is -2.68. The number of non-ortho nitro benzene ring substituents is 1. The molecule has 2 atom stereocenters. The van der Waals surface area contributed by atoms with E-state index < -0.39 is 24.6 Å². The van der Waals surface area contributed by atoms with Gasteiger partial charge in [-0.3, -0.25) is 19.7 Å². The second kappa shape index (κ2) is 9.43. The number of β-lactam (4-membered cyclic amide) rings is 1. The molecule has 0 spiro atoms. The third-order valence-corrected chi connectivity index (χ3v) is 11.1. The van der Waals surface area contributed by atoms with Crippen LogP contribution in [0.4, 0.5) is 5.69 Å². The molecule has 1 aromatic carbocycles. The Morgan fingerprint density at radius 1 is 1.34 bits per heavy atom. The lowest BCUT2D eigenvalue weighted by Gasteiger charge is -2.53. The molecule has 1 heterocycles. The number of carbonyl (C=O) groups excluding carboxylic acids is 2. The van der Waals surface area contributed by atoms with Crippen LogP contribution in [0.3, 0.4) is 0 Å². The lowest BCUT2D eigenvalue weighted by atomic mass is 9.72. The van der Waals surface area contributed by atoms with E-state index in [9.17, 15) is 19.7 Å². The molecule has 0 aliphatic carbocycles. The largest absolute Gasteiger partial charge is 0.459 e. The normalized spacial score (nSPS) is 19.7. The van der Waals surface area contributed by atoms with Crippen molar-refractivity contribution >= 4 is 25.9 Å². The van der Waals surface area contributed by atoms with Gasteiger partial charge in [-0.05, 0) is 42.8 Å². The van der Waals surface area contributed by atoms with Crippen molar-refractivity contribution in [2.24, 2.45) is 5.41 Å². The number of nitro groups is 1. The van der Waals surface area contributed by atoms with E-state index in [0.29, 0.717) is 12.1 Å². The van der Waals surface area contributed by atoms with Crippen molar-refractivity contribution < 1.29 is 23.7 Å². The monoisotopic (exact) mass is 460 g/mol. The number of carbonyl (C=O) groups is 2. The molecule has 1 aliphatic heterocycles. The maximum atomic E-state index is 13.1. The van der Waals surface area contributed by atoms with E-state index in [1.807, 2.05) is 6.92 Å². The van der Waals surface area contributed by atoms with Gasteiger partial charge in [-0.2, -0.15) is 0 Å². The van der Waals surface area contributed by atoms with Gasteiger partial charge in [0.1, 0.15) is 18.6 Å². The molecule has 8 nitrogen and oxygen atoms in total. The summed E-state index contributed by atoms with van der Waals surface area (Å²) in [5, 5.41) is 10.7. The van der Waals surface area contributed by atoms with Crippen LogP contribution >= 0.6 is 0 Å². The number of hydrogen-bond donors (Lipinski definition) is 0. The van der Waals surface area contributed by atoms with E-state index in [1.165, 1.54) is 29.2 Å². The van der Waals surface area contributed by atoms with Crippen LogP contribution in [0.5, 0.6) is 0 Å². The first-order valence-electron chi connectivity index (χ1n) is 10.5. The van der Waals surface area contributed by atoms with Gasteiger partial charge in [0.2, 0.25) is 5.91 Å². The van der Waals surface area contributed by atoms with E-state index >= 15 is 0 Å². The Morgan fingerprint density at radius 2 is 1.94 bits per heavy atom. The Hall–Kier alpha value is -2.70. The van der Waals surface area contributed by atoms with Crippen molar-refractivity contribution in [1.82, 2.24) is 4.90 Å². The summed E-state index contributed by atoms with van der Waals surface area (Å²) >= 11 is 0. The number of esters is 1. The van der Waals surface area contributed by atoms with Gasteiger partial charge in [0.15, 0.2) is 8.32 Å². The van der Waals surface area contributed by atoms with E-state index in [-0.39, 0.29) is 42.3 Å². The first kappa shape index (κ1) is 25.6. The van der Waals surface area contributed by atoms with Gasteiger partial charge in [-0.1, -0.05) is 20.8 Å². The third kappa shape index (κ3) is 5.37. The molecule has 1 aromatic rings. The van der Waals surface area contributed by atoms with Crippen LogP contribution < -0.4 is 0 Å². The fraction of sp³-hybridized carbons (Fsp3) is 0.565. The van der Waals surface area contributed by atoms with Gasteiger partial charge in [0.25, 0.3) is 5.69 Å². The number of nitro benzene ring substituents is 1. The molecule has 0 saturated carbocycles. The lowest BCUT2D eigenvalue weighted by molar-refractivity contribution is -0.384. The van der Waals surface area contributed by atoms with Gasteiger partial charge in [-0.15, -0.1) is 12.3 Å². The molecule has 1 amide bonds. The highest BCUT2D eigenvalue weighted by Crippen LogP contribution is 2.44. The van der Waals surface area contributed by atoms with Crippen LogP contribution in [0.15, 0.2) is 24.3 Å². The number of amides is 1. The van der Waals surface area contributed by atoms with Crippen molar-refractivity contribution in [3.63, 3.8) is 0 Å².